The van der Waals surface area contributed by atoms with Crippen molar-refractivity contribution in [3.63, 3.8) is 0 Å². The summed E-state index contributed by atoms with van der Waals surface area (Å²) in [4.78, 5) is 36.7. The molecule has 9 nitrogen and oxygen atoms in total. The number of carbonyl (C=O) groups is 3. The summed E-state index contributed by atoms with van der Waals surface area (Å²) in [6, 6.07) is 5.51. The van der Waals surface area contributed by atoms with Gasteiger partial charge in [0.1, 0.15) is 6.04 Å². The largest absolute Gasteiger partial charge is 0.340 e. The van der Waals surface area contributed by atoms with Crippen molar-refractivity contribution in [2.24, 2.45) is 0 Å². The normalized spacial score (nSPS) is 21.1. The molecule has 2 heterocycles. The van der Waals surface area contributed by atoms with Gasteiger partial charge >= 0.3 is 6.03 Å². The summed E-state index contributed by atoms with van der Waals surface area (Å²) < 4.78 is 26.8. The van der Waals surface area contributed by atoms with E-state index in [1.807, 2.05) is 13.0 Å². The van der Waals surface area contributed by atoms with Gasteiger partial charge in [-0.3, -0.25) is 14.9 Å². The zero-order valence-corrected chi connectivity index (χ0v) is 15.8. The van der Waals surface area contributed by atoms with Crippen LogP contribution < -0.4 is 10.6 Å². The van der Waals surface area contributed by atoms with Crippen molar-refractivity contribution < 1.29 is 22.8 Å². The molecular formula is C17H22N4O5S. The minimum Gasteiger partial charge on any atom is -0.340 e. The zero-order valence-electron chi connectivity index (χ0n) is 15.0. The Morgan fingerprint density at radius 1 is 1.19 bits per heavy atom. The van der Waals surface area contributed by atoms with Crippen molar-refractivity contribution in [2.75, 3.05) is 26.2 Å². The highest BCUT2D eigenvalue weighted by molar-refractivity contribution is 7.89. The molecular weight excluding hydrogens is 372 g/mol. The summed E-state index contributed by atoms with van der Waals surface area (Å²) in [7, 11) is -3.58. The van der Waals surface area contributed by atoms with E-state index in [0.29, 0.717) is 13.1 Å². The number of carbonyl (C=O) groups excluding carboxylic acids is 3. The van der Waals surface area contributed by atoms with Gasteiger partial charge in [0.25, 0.3) is 5.91 Å². The molecule has 2 fully saturated rings. The highest BCUT2D eigenvalue weighted by Gasteiger charge is 2.32. The smallest absolute Gasteiger partial charge is 0.322 e. The first kappa shape index (κ1) is 19.3. The van der Waals surface area contributed by atoms with Crippen LogP contribution in [0.4, 0.5) is 4.79 Å². The molecule has 2 N–H and O–H groups in total. The van der Waals surface area contributed by atoms with Gasteiger partial charge in [-0.25, -0.2) is 13.2 Å². The number of hydrogen-bond acceptors (Lipinski definition) is 5. The van der Waals surface area contributed by atoms with Crippen LogP contribution in [0.2, 0.25) is 0 Å². The quantitative estimate of drug-likeness (QED) is 0.672. The average Bonchev–Trinajstić information content (AvgIpc) is 2.97. The SMILES string of the molecule is Cc1cccc(S(=O)(=O)N2CCN(C(=O)CC[C@H]3NC(=O)NC3=O)CC2)c1. The number of hydrogen-bond donors (Lipinski definition) is 2. The number of nitrogens with one attached hydrogen (secondary N) is 2. The van der Waals surface area contributed by atoms with Crippen LogP contribution in [0.5, 0.6) is 0 Å². The van der Waals surface area contributed by atoms with Crippen LogP contribution in [-0.2, 0) is 19.6 Å². The van der Waals surface area contributed by atoms with Gasteiger partial charge < -0.3 is 10.2 Å². The number of nitrogens with zero attached hydrogens (tertiary/aromatic N) is 2. The van der Waals surface area contributed by atoms with Gasteiger partial charge in [-0.15, -0.1) is 0 Å². The van der Waals surface area contributed by atoms with E-state index in [9.17, 15) is 22.8 Å². The molecule has 3 rings (SSSR count). The second-order valence-electron chi connectivity index (χ2n) is 6.66. The minimum atomic E-state index is -3.58. The average molecular weight is 394 g/mol. The van der Waals surface area contributed by atoms with Crippen molar-refractivity contribution in [1.29, 1.82) is 0 Å². The van der Waals surface area contributed by atoms with Gasteiger partial charge in [-0.2, -0.15) is 4.31 Å². The van der Waals surface area contributed by atoms with Crippen LogP contribution in [0, 0.1) is 6.92 Å². The molecule has 2 aliphatic heterocycles. The summed E-state index contributed by atoms with van der Waals surface area (Å²) in [6.45, 7) is 2.88. The van der Waals surface area contributed by atoms with E-state index < -0.39 is 28.0 Å². The van der Waals surface area contributed by atoms with E-state index >= 15 is 0 Å². The molecule has 146 valence electrons. The monoisotopic (exact) mass is 394 g/mol. The van der Waals surface area contributed by atoms with Crippen LogP contribution in [-0.4, -0.2) is 67.7 Å². The van der Waals surface area contributed by atoms with Crippen molar-refractivity contribution in [3.05, 3.63) is 29.8 Å². The summed E-state index contributed by atoms with van der Waals surface area (Å²) >= 11 is 0. The van der Waals surface area contributed by atoms with Gasteiger partial charge in [-0.05, 0) is 31.0 Å². The van der Waals surface area contributed by atoms with E-state index in [0.717, 1.165) is 5.56 Å². The molecule has 0 radical (unpaired) electrons. The fourth-order valence-electron chi connectivity index (χ4n) is 3.19. The zero-order chi connectivity index (χ0) is 19.6. The highest BCUT2D eigenvalue weighted by Crippen LogP contribution is 2.19. The fourth-order valence-corrected chi connectivity index (χ4v) is 4.72. The molecule has 0 bridgehead atoms. The second-order valence-corrected chi connectivity index (χ2v) is 8.59. The summed E-state index contributed by atoms with van der Waals surface area (Å²) in [5.74, 6) is -0.585. The third-order valence-electron chi connectivity index (χ3n) is 4.72. The lowest BCUT2D eigenvalue weighted by Crippen LogP contribution is -2.50. The van der Waals surface area contributed by atoms with E-state index in [-0.39, 0.29) is 36.7 Å². The lowest BCUT2D eigenvalue weighted by atomic mass is 10.1. The Labute approximate surface area is 157 Å². The first-order chi connectivity index (χ1) is 12.8. The first-order valence-electron chi connectivity index (χ1n) is 8.73. The van der Waals surface area contributed by atoms with E-state index in [2.05, 4.69) is 10.6 Å². The molecule has 0 aromatic heterocycles. The third-order valence-corrected chi connectivity index (χ3v) is 6.62. The van der Waals surface area contributed by atoms with Crippen LogP contribution in [0.1, 0.15) is 18.4 Å². The highest BCUT2D eigenvalue weighted by atomic mass is 32.2. The molecule has 0 unspecified atom stereocenters. The van der Waals surface area contributed by atoms with E-state index in [1.165, 1.54) is 4.31 Å². The summed E-state index contributed by atoms with van der Waals surface area (Å²) in [5.41, 5.74) is 0.868. The lowest BCUT2D eigenvalue weighted by molar-refractivity contribution is -0.132. The van der Waals surface area contributed by atoms with Crippen LogP contribution in [0.3, 0.4) is 0 Å². The Hall–Kier alpha value is -2.46. The van der Waals surface area contributed by atoms with Crippen LogP contribution in [0.25, 0.3) is 0 Å². The third kappa shape index (κ3) is 4.28. The first-order valence-corrected chi connectivity index (χ1v) is 10.2. The Kier molecular flexibility index (Phi) is 5.47. The molecule has 10 heteroatoms. The van der Waals surface area contributed by atoms with Crippen molar-refractivity contribution >= 4 is 27.9 Å². The Bertz CT molecular complexity index is 862. The Balaban J connectivity index is 1.53. The summed E-state index contributed by atoms with van der Waals surface area (Å²) in [5, 5.41) is 4.58. The maximum absolute atomic E-state index is 12.7. The molecule has 0 aliphatic carbocycles. The van der Waals surface area contributed by atoms with Crippen molar-refractivity contribution in [2.45, 2.75) is 30.7 Å². The number of urea groups is 1. The molecule has 1 aromatic rings. The topological polar surface area (TPSA) is 116 Å². The van der Waals surface area contributed by atoms with Crippen LogP contribution in [0.15, 0.2) is 29.2 Å². The number of imide groups is 1. The molecule has 1 atom stereocenters. The maximum Gasteiger partial charge on any atom is 0.322 e. The molecule has 2 saturated heterocycles. The molecule has 2 aliphatic rings. The maximum atomic E-state index is 12.7. The van der Waals surface area contributed by atoms with Gasteiger partial charge in [0.05, 0.1) is 4.90 Å². The number of piperazine rings is 1. The Morgan fingerprint density at radius 2 is 1.89 bits per heavy atom. The lowest BCUT2D eigenvalue weighted by Gasteiger charge is -2.34. The Morgan fingerprint density at radius 3 is 2.48 bits per heavy atom. The number of benzene rings is 1. The minimum absolute atomic E-state index is 0.114. The molecule has 0 saturated carbocycles. The number of amides is 4. The number of rotatable bonds is 5. The van der Waals surface area contributed by atoms with Gasteiger partial charge in [0.2, 0.25) is 15.9 Å². The van der Waals surface area contributed by atoms with Gasteiger partial charge in [0, 0.05) is 32.6 Å². The molecule has 4 amide bonds. The van der Waals surface area contributed by atoms with Crippen molar-refractivity contribution in [1.82, 2.24) is 19.8 Å². The summed E-state index contributed by atoms with van der Waals surface area (Å²) in [6.07, 6.45) is 0.335. The second kappa shape index (κ2) is 7.65. The standard InChI is InChI=1S/C17H22N4O5S/c1-12-3-2-4-13(11-12)27(25,26)21-9-7-20(8-10-21)15(22)6-5-14-16(23)19-17(24)18-14/h2-4,11,14H,5-10H2,1H3,(H2,18,19,23,24)/t14-/m1/s1. The van der Waals surface area contributed by atoms with Crippen molar-refractivity contribution in [3.8, 4) is 0 Å². The molecule has 27 heavy (non-hydrogen) atoms. The molecule has 1 aromatic carbocycles. The predicted octanol–water partition coefficient (Wildman–Crippen LogP) is -0.184. The van der Waals surface area contributed by atoms with Gasteiger partial charge in [0.15, 0.2) is 0 Å². The number of sulfonamides is 1. The number of aryl methyl sites for hydroxylation is 1. The van der Waals surface area contributed by atoms with E-state index in [4.69, 9.17) is 0 Å². The fraction of sp³-hybridized carbons (Fsp3) is 0.471. The van der Waals surface area contributed by atoms with Crippen LogP contribution >= 0.6 is 0 Å². The van der Waals surface area contributed by atoms with Gasteiger partial charge in [-0.1, -0.05) is 12.1 Å². The predicted molar refractivity (Wildman–Crippen MR) is 96.2 cm³/mol. The molecule has 0 spiro atoms. The van der Waals surface area contributed by atoms with E-state index in [1.54, 1.807) is 23.1 Å².